The molecule has 0 radical (unpaired) electrons. The van der Waals surface area contributed by atoms with E-state index in [9.17, 15) is 0 Å². The molecule has 0 aliphatic rings. The first-order valence-corrected chi connectivity index (χ1v) is 4.04. The molecule has 0 fully saturated rings. The van der Waals surface area contributed by atoms with Crippen molar-refractivity contribution < 1.29 is 0 Å². The van der Waals surface area contributed by atoms with Gasteiger partial charge < -0.3 is 5.32 Å². The zero-order valence-corrected chi connectivity index (χ0v) is 7.65. The second-order valence-corrected chi connectivity index (χ2v) is 4.08. The summed E-state index contributed by atoms with van der Waals surface area (Å²) in [6, 6.07) is 9.58. The van der Waals surface area contributed by atoms with Crippen LogP contribution in [0.5, 0.6) is 0 Å². The van der Waals surface area contributed by atoms with Crippen LogP contribution in [0.3, 0.4) is 0 Å². The number of hydrogen-bond donors (Lipinski definition) is 1. The first-order chi connectivity index (χ1) is 5.08. The van der Waals surface area contributed by atoms with E-state index in [1.165, 1.54) is 0 Å². The fourth-order valence-corrected chi connectivity index (χ4v) is 0.993. The minimum atomic E-state index is -0.901. The lowest BCUT2D eigenvalue weighted by atomic mass is 10.3. The molecule has 0 saturated heterocycles. The zero-order valence-electron chi connectivity index (χ0n) is 6.14. The van der Waals surface area contributed by atoms with E-state index in [0.29, 0.717) is 0 Å². The van der Waals surface area contributed by atoms with Crippen molar-refractivity contribution >= 4 is 28.9 Å². The summed E-state index contributed by atoms with van der Waals surface area (Å²) in [6.45, 7) is 1.68. The molecule has 1 N–H and O–H groups in total. The second kappa shape index (κ2) is 3.33. The molecular formula is C8H9Cl2N. The Morgan fingerprint density at radius 1 is 1.18 bits per heavy atom. The maximum Gasteiger partial charge on any atom is 0.185 e. The second-order valence-electron chi connectivity index (χ2n) is 2.38. The number of hydrogen-bond acceptors (Lipinski definition) is 1. The summed E-state index contributed by atoms with van der Waals surface area (Å²) in [5.74, 6) is 0. The van der Waals surface area contributed by atoms with Crippen molar-refractivity contribution in [3.63, 3.8) is 0 Å². The highest BCUT2D eigenvalue weighted by Gasteiger charge is 2.14. The van der Waals surface area contributed by atoms with Gasteiger partial charge in [-0.2, -0.15) is 0 Å². The van der Waals surface area contributed by atoms with Crippen LogP contribution in [0.15, 0.2) is 30.3 Å². The molecule has 1 aromatic rings. The number of anilines is 1. The standard InChI is InChI=1S/C8H9Cl2N/c1-8(9,10)11-7-5-3-2-4-6-7/h2-6,11H,1H3. The molecule has 0 aliphatic carbocycles. The normalized spacial score (nSPS) is 11.2. The van der Waals surface area contributed by atoms with E-state index in [1.807, 2.05) is 30.3 Å². The molecule has 0 spiro atoms. The largest absolute Gasteiger partial charge is 0.355 e. The van der Waals surface area contributed by atoms with Crippen LogP contribution in [0, 0.1) is 0 Å². The Balaban J connectivity index is 2.66. The van der Waals surface area contributed by atoms with Crippen LogP contribution in [0.25, 0.3) is 0 Å². The number of rotatable bonds is 2. The quantitative estimate of drug-likeness (QED) is 0.557. The first-order valence-electron chi connectivity index (χ1n) is 3.29. The zero-order chi connectivity index (χ0) is 8.32. The Morgan fingerprint density at radius 2 is 1.73 bits per heavy atom. The molecule has 1 aromatic carbocycles. The lowest BCUT2D eigenvalue weighted by Gasteiger charge is -2.16. The Kier molecular flexibility index (Phi) is 2.63. The third kappa shape index (κ3) is 3.49. The number of alkyl halides is 2. The van der Waals surface area contributed by atoms with Crippen molar-refractivity contribution in [2.75, 3.05) is 5.32 Å². The molecule has 0 bridgehead atoms. The van der Waals surface area contributed by atoms with Gasteiger partial charge in [-0.1, -0.05) is 41.4 Å². The van der Waals surface area contributed by atoms with Crippen LogP contribution in [-0.4, -0.2) is 4.46 Å². The topological polar surface area (TPSA) is 12.0 Å². The van der Waals surface area contributed by atoms with E-state index in [4.69, 9.17) is 23.2 Å². The highest BCUT2D eigenvalue weighted by molar-refractivity contribution is 6.49. The average Bonchev–Trinajstić information content (AvgIpc) is 1.85. The van der Waals surface area contributed by atoms with E-state index in [1.54, 1.807) is 6.92 Å². The van der Waals surface area contributed by atoms with Gasteiger partial charge in [-0.05, 0) is 19.1 Å². The third-order valence-corrected chi connectivity index (χ3v) is 1.33. The molecule has 1 nitrogen and oxygen atoms in total. The minimum absolute atomic E-state index is 0.901. The van der Waals surface area contributed by atoms with Crippen molar-refractivity contribution in [1.82, 2.24) is 0 Å². The van der Waals surface area contributed by atoms with Crippen LogP contribution < -0.4 is 5.32 Å². The summed E-state index contributed by atoms with van der Waals surface area (Å²) in [5.41, 5.74) is 0.917. The Hall–Kier alpha value is -0.400. The molecule has 0 aliphatic heterocycles. The predicted molar refractivity (Wildman–Crippen MR) is 50.2 cm³/mol. The van der Waals surface area contributed by atoms with E-state index >= 15 is 0 Å². The highest BCUT2D eigenvalue weighted by atomic mass is 35.5. The highest BCUT2D eigenvalue weighted by Crippen LogP contribution is 2.22. The van der Waals surface area contributed by atoms with Gasteiger partial charge in [-0.15, -0.1) is 0 Å². The van der Waals surface area contributed by atoms with Gasteiger partial charge in [-0.25, -0.2) is 0 Å². The van der Waals surface area contributed by atoms with Crippen molar-refractivity contribution in [2.45, 2.75) is 11.4 Å². The fraction of sp³-hybridized carbons (Fsp3) is 0.250. The molecule has 3 heteroatoms. The Bertz CT molecular complexity index is 215. The summed E-state index contributed by atoms with van der Waals surface area (Å²) in [4.78, 5) is 0. The summed E-state index contributed by atoms with van der Waals surface area (Å²) < 4.78 is -0.901. The Labute approximate surface area is 76.3 Å². The lowest BCUT2D eigenvalue weighted by molar-refractivity contribution is 1.01. The average molecular weight is 190 g/mol. The number of benzene rings is 1. The van der Waals surface area contributed by atoms with Crippen LogP contribution in [0.1, 0.15) is 6.92 Å². The molecule has 0 heterocycles. The minimum Gasteiger partial charge on any atom is -0.355 e. The molecule has 0 amide bonds. The summed E-state index contributed by atoms with van der Waals surface area (Å²) in [6.07, 6.45) is 0. The molecule has 11 heavy (non-hydrogen) atoms. The van der Waals surface area contributed by atoms with Gasteiger partial charge in [0.15, 0.2) is 4.46 Å². The van der Waals surface area contributed by atoms with E-state index in [0.717, 1.165) is 5.69 Å². The summed E-state index contributed by atoms with van der Waals surface area (Å²) >= 11 is 11.4. The van der Waals surface area contributed by atoms with Gasteiger partial charge in [0, 0.05) is 5.69 Å². The maximum atomic E-state index is 5.72. The van der Waals surface area contributed by atoms with Crippen LogP contribution in [-0.2, 0) is 0 Å². The Morgan fingerprint density at radius 3 is 2.18 bits per heavy atom. The van der Waals surface area contributed by atoms with Gasteiger partial charge >= 0.3 is 0 Å². The van der Waals surface area contributed by atoms with Crippen LogP contribution in [0.4, 0.5) is 5.69 Å². The molecule has 1 rings (SSSR count). The van der Waals surface area contributed by atoms with Crippen LogP contribution >= 0.6 is 23.2 Å². The smallest absolute Gasteiger partial charge is 0.185 e. The van der Waals surface area contributed by atoms with Crippen molar-refractivity contribution in [3.05, 3.63) is 30.3 Å². The summed E-state index contributed by atoms with van der Waals surface area (Å²) in [5, 5.41) is 2.91. The summed E-state index contributed by atoms with van der Waals surface area (Å²) in [7, 11) is 0. The van der Waals surface area contributed by atoms with E-state index in [2.05, 4.69) is 5.32 Å². The number of nitrogens with one attached hydrogen (secondary N) is 1. The molecule has 0 atom stereocenters. The van der Waals surface area contributed by atoms with Crippen molar-refractivity contribution in [1.29, 1.82) is 0 Å². The van der Waals surface area contributed by atoms with Gasteiger partial charge in [0.05, 0.1) is 0 Å². The monoisotopic (exact) mass is 189 g/mol. The first kappa shape index (κ1) is 8.69. The molecular weight excluding hydrogens is 181 g/mol. The fourth-order valence-electron chi connectivity index (χ4n) is 0.775. The third-order valence-electron chi connectivity index (χ3n) is 1.14. The van der Waals surface area contributed by atoms with Crippen molar-refractivity contribution in [2.24, 2.45) is 0 Å². The maximum absolute atomic E-state index is 5.72. The number of halogens is 2. The number of para-hydroxylation sites is 1. The molecule has 0 saturated carbocycles. The van der Waals surface area contributed by atoms with E-state index < -0.39 is 4.46 Å². The lowest BCUT2D eigenvalue weighted by Crippen LogP contribution is -2.19. The van der Waals surface area contributed by atoms with Gasteiger partial charge in [0.25, 0.3) is 0 Å². The van der Waals surface area contributed by atoms with Crippen molar-refractivity contribution in [3.8, 4) is 0 Å². The van der Waals surface area contributed by atoms with E-state index in [-0.39, 0.29) is 0 Å². The predicted octanol–water partition coefficient (Wildman–Crippen LogP) is 3.25. The van der Waals surface area contributed by atoms with Gasteiger partial charge in [0.2, 0.25) is 0 Å². The molecule has 60 valence electrons. The van der Waals surface area contributed by atoms with Gasteiger partial charge in [-0.3, -0.25) is 0 Å². The molecule has 0 aromatic heterocycles. The SMILES string of the molecule is CC(Cl)(Cl)Nc1ccccc1. The molecule has 0 unspecified atom stereocenters. The van der Waals surface area contributed by atoms with Gasteiger partial charge in [0.1, 0.15) is 0 Å². The van der Waals surface area contributed by atoms with Crippen LogP contribution in [0.2, 0.25) is 0 Å².